The van der Waals surface area contributed by atoms with Crippen LogP contribution in [-0.4, -0.2) is 32.1 Å². The zero-order chi connectivity index (χ0) is 29.8. The Kier molecular flexibility index (Phi) is 7.79. The number of hydrogen-bond acceptors (Lipinski definition) is 6. The smallest absolute Gasteiger partial charge is 0.269 e. The molecule has 2 N–H and O–H groups in total. The molecule has 5 aromatic rings. The maximum Gasteiger partial charge on any atom is 0.269 e. The van der Waals surface area contributed by atoms with Gasteiger partial charge in [-0.15, -0.1) is 0 Å². The molecule has 1 fully saturated rings. The summed E-state index contributed by atoms with van der Waals surface area (Å²) in [6.07, 6.45) is 3.66. The Morgan fingerprint density at radius 3 is 2.35 bits per heavy atom. The lowest BCUT2D eigenvalue weighted by molar-refractivity contribution is -0.384. The number of carbonyl (C=O) groups excluding carboxylic acids is 1. The number of ether oxygens (including phenoxy) is 1. The van der Waals surface area contributed by atoms with Crippen molar-refractivity contribution in [1.29, 1.82) is 0 Å². The first-order valence-corrected chi connectivity index (χ1v) is 13.9. The summed E-state index contributed by atoms with van der Waals surface area (Å²) >= 11 is 5.86. The van der Waals surface area contributed by atoms with Crippen LogP contribution in [0.15, 0.2) is 122 Å². The van der Waals surface area contributed by atoms with Crippen molar-refractivity contribution in [2.24, 2.45) is 0 Å². The zero-order valence-corrected chi connectivity index (χ0v) is 23.6. The molecule has 10 nitrogen and oxygen atoms in total. The van der Waals surface area contributed by atoms with Crippen LogP contribution in [-0.2, 0) is 4.79 Å². The third-order valence-electron chi connectivity index (χ3n) is 7.06. The van der Waals surface area contributed by atoms with Crippen molar-refractivity contribution in [2.45, 2.75) is 12.1 Å². The van der Waals surface area contributed by atoms with Crippen LogP contribution in [0.4, 0.5) is 17.1 Å². The number of rotatable bonds is 9. The molecule has 3 heterocycles. The topological polar surface area (TPSA) is 115 Å². The Balaban J connectivity index is 1.29. The number of benzene rings is 3. The van der Waals surface area contributed by atoms with Gasteiger partial charge >= 0.3 is 0 Å². The molecule has 0 bridgehead atoms. The number of nitrogens with zero attached hydrogens (tertiary/aromatic N) is 4. The Labute approximate surface area is 252 Å². The van der Waals surface area contributed by atoms with Gasteiger partial charge in [0.2, 0.25) is 0 Å². The number of para-hydroxylation sites is 1. The summed E-state index contributed by atoms with van der Waals surface area (Å²) in [5.41, 5.74) is 3.96. The molecule has 43 heavy (non-hydrogen) atoms. The SMILES string of the molecule is O=C(COc1ccccc1)Nc1ccc(N2C(=S)N[C@H](c3ccccn3)[C@H]2c2cccn2-c2ccc([N+](=O)[O-])cc2)cc1. The largest absolute Gasteiger partial charge is 0.484 e. The molecule has 3 aromatic carbocycles. The third kappa shape index (κ3) is 5.92. The molecule has 2 atom stereocenters. The second kappa shape index (κ2) is 12.1. The lowest BCUT2D eigenvalue weighted by Gasteiger charge is -2.29. The number of thiocarbonyl (C=S) groups is 1. The normalized spacial score (nSPS) is 16.0. The minimum Gasteiger partial charge on any atom is -0.484 e. The highest BCUT2D eigenvalue weighted by Gasteiger charge is 2.42. The van der Waals surface area contributed by atoms with Gasteiger partial charge in [0.05, 0.1) is 16.7 Å². The van der Waals surface area contributed by atoms with Gasteiger partial charge in [-0.3, -0.25) is 19.9 Å². The van der Waals surface area contributed by atoms with Crippen LogP contribution in [0.1, 0.15) is 23.5 Å². The molecule has 214 valence electrons. The second-order valence-corrected chi connectivity index (χ2v) is 10.2. The maximum atomic E-state index is 12.5. The minimum atomic E-state index is -0.416. The van der Waals surface area contributed by atoms with Crippen LogP contribution in [0.3, 0.4) is 0 Å². The standard InChI is InChI=1S/C32H26N6O4S/c39-29(21-42-26-7-2-1-3-8-26)34-22-11-13-24(14-12-22)37-31(30(35-32(37)43)27-9-4-5-19-33-27)28-10-6-20-36(28)23-15-17-25(18-16-23)38(40)41/h1-20,30-31H,21H2,(H,34,39)(H,35,43)/t30-,31-/m1/s1. The van der Waals surface area contributed by atoms with E-state index in [0.717, 1.165) is 22.8 Å². The fraction of sp³-hybridized carbons (Fsp3) is 0.0938. The number of anilines is 2. The minimum absolute atomic E-state index is 0.0213. The summed E-state index contributed by atoms with van der Waals surface area (Å²) in [6.45, 7) is -0.112. The van der Waals surface area contributed by atoms with Crippen LogP contribution < -0.4 is 20.3 Å². The highest BCUT2D eigenvalue weighted by Crippen LogP contribution is 2.42. The van der Waals surface area contributed by atoms with Crippen molar-refractivity contribution in [2.75, 3.05) is 16.8 Å². The molecule has 1 aliphatic rings. The van der Waals surface area contributed by atoms with Gasteiger partial charge in [0.1, 0.15) is 11.8 Å². The van der Waals surface area contributed by atoms with E-state index in [9.17, 15) is 14.9 Å². The molecular formula is C32H26N6O4S. The molecule has 6 rings (SSSR count). The summed E-state index contributed by atoms with van der Waals surface area (Å²) in [6, 6.07) is 32.1. The number of nitro groups is 1. The summed E-state index contributed by atoms with van der Waals surface area (Å²) in [5.74, 6) is 0.346. The molecule has 0 unspecified atom stereocenters. The van der Waals surface area contributed by atoms with E-state index < -0.39 is 4.92 Å². The van der Waals surface area contributed by atoms with Crippen molar-refractivity contribution in [3.8, 4) is 11.4 Å². The number of non-ortho nitro benzene ring substituents is 1. The Morgan fingerprint density at radius 1 is 0.930 bits per heavy atom. The van der Waals surface area contributed by atoms with E-state index in [1.54, 1.807) is 30.5 Å². The van der Waals surface area contributed by atoms with E-state index in [1.165, 1.54) is 12.1 Å². The Morgan fingerprint density at radius 2 is 1.65 bits per heavy atom. The van der Waals surface area contributed by atoms with Crippen molar-refractivity contribution in [3.63, 3.8) is 0 Å². The lowest BCUT2D eigenvalue weighted by Crippen LogP contribution is -2.30. The average Bonchev–Trinajstić information content (AvgIpc) is 3.66. The fourth-order valence-corrected chi connectivity index (χ4v) is 5.45. The van der Waals surface area contributed by atoms with Gasteiger partial charge in [-0.05, 0) is 85.0 Å². The van der Waals surface area contributed by atoms with Gasteiger partial charge in [-0.25, -0.2) is 0 Å². The first-order chi connectivity index (χ1) is 21.0. The number of aromatic nitrogens is 2. The van der Waals surface area contributed by atoms with E-state index in [2.05, 4.69) is 15.6 Å². The molecular weight excluding hydrogens is 564 g/mol. The monoisotopic (exact) mass is 590 g/mol. The zero-order valence-electron chi connectivity index (χ0n) is 22.7. The quantitative estimate of drug-likeness (QED) is 0.123. The van der Waals surface area contributed by atoms with Gasteiger partial charge in [0.25, 0.3) is 11.6 Å². The summed E-state index contributed by atoms with van der Waals surface area (Å²) in [7, 11) is 0. The number of hydrogen-bond donors (Lipinski definition) is 2. The van der Waals surface area contributed by atoms with E-state index in [0.29, 0.717) is 16.5 Å². The van der Waals surface area contributed by atoms with E-state index in [1.807, 2.05) is 88.5 Å². The van der Waals surface area contributed by atoms with Crippen molar-refractivity contribution in [3.05, 3.63) is 143 Å². The number of carbonyl (C=O) groups is 1. The summed E-state index contributed by atoms with van der Waals surface area (Å²) in [5, 5.41) is 18.0. The molecule has 11 heteroatoms. The molecule has 0 spiro atoms. The number of nitro benzene ring substituents is 1. The number of pyridine rings is 1. The van der Waals surface area contributed by atoms with Gasteiger partial charge in [-0.1, -0.05) is 24.3 Å². The van der Waals surface area contributed by atoms with Crippen LogP contribution in [0.25, 0.3) is 5.69 Å². The van der Waals surface area contributed by atoms with Crippen LogP contribution in [0.2, 0.25) is 0 Å². The molecule has 0 radical (unpaired) electrons. The van der Waals surface area contributed by atoms with E-state index in [4.69, 9.17) is 17.0 Å². The maximum absolute atomic E-state index is 12.5. The lowest BCUT2D eigenvalue weighted by atomic mass is 10.0. The van der Waals surface area contributed by atoms with Gasteiger partial charge in [-0.2, -0.15) is 0 Å². The first kappa shape index (κ1) is 27.6. The van der Waals surface area contributed by atoms with Crippen LogP contribution >= 0.6 is 12.2 Å². The van der Waals surface area contributed by atoms with Crippen LogP contribution in [0, 0.1) is 10.1 Å². The number of nitrogens with one attached hydrogen (secondary N) is 2. The highest BCUT2D eigenvalue weighted by atomic mass is 32.1. The predicted octanol–water partition coefficient (Wildman–Crippen LogP) is 5.98. The molecule has 2 aromatic heterocycles. The first-order valence-electron chi connectivity index (χ1n) is 13.5. The summed E-state index contributed by atoms with van der Waals surface area (Å²) in [4.78, 5) is 29.9. The van der Waals surface area contributed by atoms with Gasteiger partial charge in [0, 0.05) is 47.3 Å². The highest BCUT2D eigenvalue weighted by molar-refractivity contribution is 7.80. The fourth-order valence-electron chi connectivity index (χ4n) is 5.11. The number of amides is 1. The molecule has 0 saturated carbocycles. The summed E-state index contributed by atoms with van der Waals surface area (Å²) < 4.78 is 7.54. The average molecular weight is 591 g/mol. The van der Waals surface area contributed by atoms with Crippen molar-refractivity contribution < 1.29 is 14.5 Å². The molecule has 1 amide bonds. The van der Waals surface area contributed by atoms with Gasteiger partial charge < -0.3 is 24.8 Å². The Hall–Kier alpha value is -5.55. The van der Waals surface area contributed by atoms with E-state index in [-0.39, 0.29) is 30.3 Å². The third-order valence-corrected chi connectivity index (χ3v) is 7.38. The molecule has 1 aliphatic heterocycles. The van der Waals surface area contributed by atoms with Crippen LogP contribution in [0.5, 0.6) is 5.75 Å². The second-order valence-electron chi connectivity index (χ2n) is 9.77. The molecule has 1 saturated heterocycles. The van der Waals surface area contributed by atoms with E-state index >= 15 is 0 Å². The van der Waals surface area contributed by atoms with Crippen molar-refractivity contribution in [1.82, 2.24) is 14.9 Å². The van der Waals surface area contributed by atoms with Crippen molar-refractivity contribution >= 4 is 40.3 Å². The Bertz CT molecular complexity index is 1740. The predicted molar refractivity (Wildman–Crippen MR) is 167 cm³/mol. The molecule has 0 aliphatic carbocycles. The van der Waals surface area contributed by atoms with Gasteiger partial charge in [0.15, 0.2) is 11.7 Å².